The topological polar surface area (TPSA) is 25.2 Å². The molecule has 12 heavy (non-hydrogen) atoms. The van der Waals surface area contributed by atoms with Crippen LogP contribution in [0.1, 0.15) is 18.2 Å². The minimum atomic E-state index is -0.892. The van der Waals surface area contributed by atoms with Crippen LogP contribution in [0.4, 0.5) is 4.39 Å². The van der Waals surface area contributed by atoms with Crippen LogP contribution in [0.5, 0.6) is 0 Å². The normalized spacial score (nSPS) is 27.8. The number of aliphatic imine (C=N–C) groups is 1. The highest BCUT2D eigenvalue weighted by atomic mass is 19.1. The van der Waals surface area contributed by atoms with Crippen molar-refractivity contribution in [1.82, 2.24) is 4.98 Å². The molecular weight excluding hydrogens is 155 g/mol. The largest absolute Gasteiger partial charge is 0.285 e. The second-order valence-electron chi connectivity index (χ2n) is 2.82. The van der Waals surface area contributed by atoms with Crippen molar-refractivity contribution >= 4 is 6.21 Å². The highest BCUT2D eigenvalue weighted by Crippen LogP contribution is 2.25. The maximum Gasteiger partial charge on any atom is 0.137 e. The van der Waals surface area contributed by atoms with Crippen LogP contribution in [0.2, 0.25) is 0 Å². The van der Waals surface area contributed by atoms with Gasteiger partial charge in [-0.1, -0.05) is 6.07 Å². The molecule has 0 aromatic carbocycles. The van der Waals surface area contributed by atoms with Gasteiger partial charge < -0.3 is 0 Å². The van der Waals surface area contributed by atoms with E-state index in [1.165, 1.54) is 6.21 Å². The average molecular weight is 164 g/mol. The Balaban J connectivity index is 2.18. The Morgan fingerprint density at radius 2 is 2.33 bits per heavy atom. The Labute approximate surface area is 70.2 Å². The predicted octanol–water partition coefficient (Wildman–Crippen LogP) is 1.94. The average Bonchev–Trinajstić information content (AvgIpc) is 2.54. The summed E-state index contributed by atoms with van der Waals surface area (Å²) in [6.45, 7) is 0. The molecule has 2 unspecified atom stereocenters. The van der Waals surface area contributed by atoms with E-state index in [1.807, 2.05) is 18.2 Å². The van der Waals surface area contributed by atoms with Gasteiger partial charge in [-0.25, -0.2) is 4.39 Å². The number of halogens is 1. The molecule has 1 aliphatic rings. The zero-order chi connectivity index (χ0) is 8.39. The molecule has 62 valence electrons. The third-order valence-corrected chi connectivity index (χ3v) is 1.91. The fourth-order valence-corrected chi connectivity index (χ4v) is 1.30. The predicted molar refractivity (Wildman–Crippen MR) is 45.0 cm³/mol. The molecular formula is C9H9FN2. The first kappa shape index (κ1) is 7.40. The third kappa shape index (κ3) is 1.35. The molecule has 2 nitrogen and oxygen atoms in total. The lowest BCUT2D eigenvalue weighted by atomic mass is 10.1. The number of aromatic nitrogens is 1. The molecule has 1 aliphatic heterocycles. The molecule has 1 aromatic heterocycles. The molecule has 0 bridgehead atoms. The molecule has 0 saturated carbocycles. The molecule has 0 fully saturated rings. The Morgan fingerprint density at radius 1 is 1.42 bits per heavy atom. The summed E-state index contributed by atoms with van der Waals surface area (Å²) < 4.78 is 12.7. The lowest BCUT2D eigenvalue weighted by molar-refractivity contribution is 0.404. The van der Waals surface area contributed by atoms with E-state index in [-0.39, 0.29) is 6.04 Å². The molecule has 0 aliphatic carbocycles. The van der Waals surface area contributed by atoms with E-state index in [0.29, 0.717) is 6.42 Å². The molecule has 1 aromatic rings. The molecule has 2 atom stereocenters. The number of nitrogens with zero attached hydrogens (tertiary/aromatic N) is 2. The molecule has 0 amide bonds. The van der Waals surface area contributed by atoms with Gasteiger partial charge in [-0.15, -0.1) is 0 Å². The SMILES string of the molecule is FC1C=NC(c2ccccn2)C1. The van der Waals surface area contributed by atoms with Crippen LogP contribution < -0.4 is 0 Å². The summed E-state index contributed by atoms with van der Waals surface area (Å²) in [5, 5.41) is 0. The van der Waals surface area contributed by atoms with E-state index >= 15 is 0 Å². The van der Waals surface area contributed by atoms with Crippen LogP contribution in [0.3, 0.4) is 0 Å². The van der Waals surface area contributed by atoms with Gasteiger partial charge in [-0.3, -0.25) is 9.98 Å². The molecule has 0 radical (unpaired) electrons. The summed E-state index contributed by atoms with van der Waals surface area (Å²) in [7, 11) is 0. The maximum absolute atomic E-state index is 12.7. The zero-order valence-electron chi connectivity index (χ0n) is 6.52. The smallest absolute Gasteiger partial charge is 0.137 e. The molecule has 3 heteroatoms. The number of rotatable bonds is 1. The van der Waals surface area contributed by atoms with Gasteiger partial charge in [0.25, 0.3) is 0 Å². The number of pyridine rings is 1. The van der Waals surface area contributed by atoms with Crippen LogP contribution in [-0.4, -0.2) is 17.4 Å². The van der Waals surface area contributed by atoms with E-state index in [4.69, 9.17) is 0 Å². The first-order chi connectivity index (χ1) is 5.86. The van der Waals surface area contributed by atoms with Gasteiger partial charge >= 0.3 is 0 Å². The van der Waals surface area contributed by atoms with Crippen molar-refractivity contribution < 1.29 is 4.39 Å². The lowest BCUT2D eigenvalue weighted by Gasteiger charge is -2.04. The van der Waals surface area contributed by atoms with Crippen molar-refractivity contribution in [3.05, 3.63) is 30.1 Å². The van der Waals surface area contributed by atoms with Crippen molar-refractivity contribution in [2.75, 3.05) is 0 Å². The van der Waals surface area contributed by atoms with Gasteiger partial charge in [-0.05, 0) is 12.1 Å². The van der Waals surface area contributed by atoms with Crippen molar-refractivity contribution in [2.24, 2.45) is 4.99 Å². The van der Waals surface area contributed by atoms with E-state index in [2.05, 4.69) is 9.98 Å². The van der Waals surface area contributed by atoms with E-state index in [9.17, 15) is 4.39 Å². The quantitative estimate of drug-likeness (QED) is 0.622. The molecule has 2 rings (SSSR count). The summed E-state index contributed by atoms with van der Waals surface area (Å²) >= 11 is 0. The summed E-state index contributed by atoms with van der Waals surface area (Å²) in [4.78, 5) is 8.14. The molecule has 0 N–H and O–H groups in total. The highest BCUT2D eigenvalue weighted by Gasteiger charge is 2.21. The summed E-state index contributed by atoms with van der Waals surface area (Å²) in [5.41, 5.74) is 0.855. The summed E-state index contributed by atoms with van der Waals surface area (Å²) in [6, 6.07) is 5.54. The maximum atomic E-state index is 12.7. The summed E-state index contributed by atoms with van der Waals surface area (Å²) in [6.07, 6.45) is 2.62. The van der Waals surface area contributed by atoms with Crippen LogP contribution >= 0.6 is 0 Å². The van der Waals surface area contributed by atoms with Crippen molar-refractivity contribution in [3.8, 4) is 0 Å². The molecule has 0 spiro atoms. The van der Waals surface area contributed by atoms with Crippen LogP contribution in [0, 0.1) is 0 Å². The van der Waals surface area contributed by atoms with Crippen molar-refractivity contribution in [3.63, 3.8) is 0 Å². The monoisotopic (exact) mass is 164 g/mol. The second-order valence-corrected chi connectivity index (χ2v) is 2.82. The van der Waals surface area contributed by atoms with Gasteiger partial charge in [0, 0.05) is 18.8 Å². The number of hydrogen-bond acceptors (Lipinski definition) is 2. The fraction of sp³-hybridized carbons (Fsp3) is 0.333. The van der Waals surface area contributed by atoms with Crippen LogP contribution in [0.25, 0.3) is 0 Å². The first-order valence-electron chi connectivity index (χ1n) is 3.94. The van der Waals surface area contributed by atoms with Crippen molar-refractivity contribution in [1.29, 1.82) is 0 Å². The van der Waals surface area contributed by atoms with Gasteiger partial charge in [0.2, 0.25) is 0 Å². The minimum absolute atomic E-state index is 0.0683. The van der Waals surface area contributed by atoms with Crippen LogP contribution in [-0.2, 0) is 0 Å². The Kier molecular flexibility index (Phi) is 1.86. The Bertz CT molecular complexity index is 284. The van der Waals surface area contributed by atoms with Gasteiger partial charge in [-0.2, -0.15) is 0 Å². The molecule has 0 saturated heterocycles. The second kappa shape index (κ2) is 3.01. The van der Waals surface area contributed by atoms with Crippen LogP contribution in [0.15, 0.2) is 29.4 Å². The van der Waals surface area contributed by atoms with E-state index in [0.717, 1.165) is 5.69 Å². The number of alkyl halides is 1. The minimum Gasteiger partial charge on any atom is -0.285 e. The Morgan fingerprint density at radius 3 is 2.92 bits per heavy atom. The lowest BCUT2D eigenvalue weighted by Crippen LogP contribution is -1.99. The van der Waals surface area contributed by atoms with Crippen molar-refractivity contribution in [2.45, 2.75) is 18.6 Å². The van der Waals surface area contributed by atoms with E-state index in [1.54, 1.807) is 6.20 Å². The third-order valence-electron chi connectivity index (χ3n) is 1.91. The van der Waals surface area contributed by atoms with Gasteiger partial charge in [0.15, 0.2) is 0 Å². The fourth-order valence-electron chi connectivity index (χ4n) is 1.30. The number of hydrogen-bond donors (Lipinski definition) is 0. The van der Waals surface area contributed by atoms with E-state index < -0.39 is 6.17 Å². The zero-order valence-corrected chi connectivity index (χ0v) is 6.52. The van der Waals surface area contributed by atoms with Gasteiger partial charge in [0.1, 0.15) is 6.17 Å². The standard InChI is InChI=1S/C9H9FN2/c10-7-5-9(12-6-7)8-3-1-2-4-11-8/h1-4,6-7,9H,5H2. The van der Waals surface area contributed by atoms with Gasteiger partial charge in [0.05, 0.1) is 11.7 Å². The molecule has 2 heterocycles. The summed E-state index contributed by atoms with van der Waals surface area (Å²) in [5.74, 6) is 0. The highest BCUT2D eigenvalue weighted by molar-refractivity contribution is 5.65. The first-order valence-corrected chi connectivity index (χ1v) is 3.94. The Hall–Kier alpha value is -1.25.